The van der Waals surface area contributed by atoms with Crippen LogP contribution in [0.25, 0.3) is 0 Å². The highest BCUT2D eigenvalue weighted by Gasteiger charge is 2.76. The number of amides is 2. The van der Waals surface area contributed by atoms with E-state index in [2.05, 4.69) is 22.5 Å². The fourth-order valence-electron chi connectivity index (χ4n) is 5.81. The molecule has 3 rings (SSSR count). The summed E-state index contributed by atoms with van der Waals surface area (Å²) < 4.78 is -0.828. The molecule has 0 aromatic carbocycles. The summed E-state index contributed by atoms with van der Waals surface area (Å²) >= 11 is 5.13. The number of carboxylic acids is 1. The van der Waals surface area contributed by atoms with Crippen LogP contribution in [0.15, 0.2) is 12.7 Å². The Balaban J connectivity index is 2.17. The van der Waals surface area contributed by atoms with Crippen molar-refractivity contribution in [2.24, 2.45) is 17.8 Å². The SMILES string of the molecule is C=CCN(C(=O)C1N([C@@H](CO)CC(C)C)C(=O)[C@@H]2[C@@H](C(=O)O)[C@@H]3SC12CC3Br)C(C)(C)C. The largest absolute Gasteiger partial charge is 0.481 e. The fraction of sp³-hybridized carbons (Fsp3) is 0.783. The maximum absolute atomic E-state index is 14.2. The monoisotopic (exact) mass is 530 g/mol. The minimum atomic E-state index is -0.997. The standard InChI is InChI=1S/C23H35BrN2O5S/c1-7-8-25(22(4,5)6)20(29)18-23-10-14(24)17(32-23)15(21(30)31)16(23)19(28)26(18)13(11-27)9-12(2)3/h7,12-18,27H,1,8-11H2,2-6H3,(H,30,31)/t13-,14?,15-,16+,17-,18?,23?/m1/s1. The Morgan fingerprint density at radius 1 is 1.41 bits per heavy atom. The van der Waals surface area contributed by atoms with Crippen LogP contribution in [0.3, 0.4) is 0 Å². The predicted octanol–water partition coefficient (Wildman–Crippen LogP) is 2.76. The number of aliphatic hydroxyl groups excluding tert-OH is 1. The number of hydrogen-bond acceptors (Lipinski definition) is 5. The Bertz CT molecular complexity index is 800. The molecule has 9 heteroatoms. The molecule has 0 aliphatic carbocycles. The van der Waals surface area contributed by atoms with Gasteiger partial charge in [-0.25, -0.2) is 0 Å². The molecule has 3 fully saturated rings. The summed E-state index contributed by atoms with van der Waals surface area (Å²) in [5.41, 5.74) is -0.511. The Morgan fingerprint density at radius 2 is 2.03 bits per heavy atom. The molecule has 180 valence electrons. The van der Waals surface area contributed by atoms with E-state index in [9.17, 15) is 24.6 Å². The highest BCUT2D eigenvalue weighted by atomic mass is 79.9. The van der Waals surface area contributed by atoms with Crippen LogP contribution in [-0.2, 0) is 14.4 Å². The van der Waals surface area contributed by atoms with Gasteiger partial charge in [0.2, 0.25) is 11.8 Å². The van der Waals surface area contributed by atoms with Crippen LogP contribution in [0, 0.1) is 17.8 Å². The third-order valence-corrected chi connectivity index (χ3v) is 10.2. The number of nitrogens with zero attached hydrogens (tertiary/aromatic N) is 2. The van der Waals surface area contributed by atoms with Crippen LogP contribution < -0.4 is 0 Å². The van der Waals surface area contributed by atoms with Gasteiger partial charge in [-0.3, -0.25) is 14.4 Å². The minimum Gasteiger partial charge on any atom is -0.481 e. The molecule has 3 heterocycles. The number of aliphatic hydroxyl groups is 1. The van der Waals surface area contributed by atoms with E-state index in [0.29, 0.717) is 19.4 Å². The summed E-state index contributed by atoms with van der Waals surface area (Å²) in [5.74, 6) is -2.94. The maximum Gasteiger partial charge on any atom is 0.308 e. The first-order valence-electron chi connectivity index (χ1n) is 11.2. The number of carbonyl (C=O) groups excluding carboxylic acids is 2. The van der Waals surface area contributed by atoms with Gasteiger partial charge in [0.15, 0.2) is 0 Å². The lowest BCUT2D eigenvalue weighted by Crippen LogP contribution is -2.61. The lowest BCUT2D eigenvalue weighted by Gasteiger charge is -2.44. The quantitative estimate of drug-likeness (QED) is 0.369. The van der Waals surface area contributed by atoms with Gasteiger partial charge in [0.25, 0.3) is 0 Å². The molecule has 0 aromatic rings. The van der Waals surface area contributed by atoms with E-state index in [4.69, 9.17) is 0 Å². The summed E-state index contributed by atoms with van der Waals surface area (Å²) in [6.07, 6.45) is 2.75. The van der Waals surface area contributed by atoms with Crippen LogP contribution >= 0.6 is 27.7 Å². The van der Waals surface area contributed by atoms with Gasteiger partial charge < -0.3 is 20.0 Å². The summed E-state index contributed by atoms with van der Waals surface area (Å²) in [6, 6.07) is -1.36. The van der Waals surface area contributed by atoms with Crippen molar-refractivity contribution in [3.63, 3.8) is 0 Å². The number of fused-ring (bicyclic) bond motifs is 1. The summed E-state index contributed by atoms with van der Waals surface area (Å²) in [7, 11) is 0. The molecule has 3 aliphatic rings. The molecule has 2 bridgehead atoms. The lowest BCUT2D eigenvalue weighted by atomic mass is 9.71. The third kappa shape index (κ3) is 3.92. The number of halogens is 1. The fourth-order valence-corrected chi connectivity index (χ4v) is 9.40. The Kier molecular flexibility index (Phi) is 7.15. The number of carbonyl (C=O) groups is 3. The zero-order chi connectivity index (χ0) is 24.2. The van der Waals surface area contributed by atoms with Gasteiger partial charge in [0.05, 0.1) is 29.2 Å². The predicted molar refractivity (Wildman–Crippen MR) is 129 cm³/mol. The van der Waals surface area contributed by atoms with Gasteiger partial charge in [-0.1, -0.05) is 35.9 Å². The van der Waals surface area contributed by atoms with Gasteiger partial charge >= 0.3 is 5.97 Å². The number of rotatable bonds is 8. The number of thioether (sulfide) groups is 1. The lowest BCUT2D eigenvalue weighted by molar-refractivity contribution is -0.150. The highest BCUT2D eigenvalue weighted by Crippen LogP contribution is 2.68. The van der Waals surface area contributed by atoms with Crippen molar-refractivity contribution in [2.75, 3.05) is 13.2 Å². The first-order valence-corrected chi connectivity index (χ1v) is 13.0. The van der Waals surface area contributed by atoms with E-state index in [1.54, 1.807) is 15.9 Å². The second-order valence-corrected chi connectivity index (χ2v) is 13.3. The first kappa shape index (κ1) is 25.6. The second kappa shape index (κ2) is 8.95. The molecule has 3 unspecified atom stereocenters. The zero-order valence-corrected chi connectivity index (χ0v) is 21.9. The van der Waals surface area contributed by atoms with Crippen molar-refractivity contribution in [3.8, 4) is 0 Å². The number of aliphatic carboxylic acids is 1. The van der Waals surface area contributed by atoms with Crippen molar-refractivity contribution in [1.29, 1.82) is 0 Å². The van der Waals surface area contributed by atoms with E-state index >= 15 is 0 Å². The van der Waals surface area contributed by atoms with E-state index in [-0.39, 0.29) is 34.4 Å². The van der Waals surface area contributed by atoms with Crippen LogP contribution in [0.5, 0.6) is 0 Å². The molecular formula is C23H35BrN2O5S. The van der Waals surface area contributed by atoms with Crippen LogP contribution in [0.2, 0.25) is 0 Å². The molecule has 3 aliphatic heterocycles. The van der Waals surface area contributed by atoms with Gasteiger partial charge in [0, 0.05) is 22.2 Å². The van der Waals surface area contributed by atoms with Crippen molar-refractivity contribution < 1.29 is 24.6 Å². The molecule has 0 saturated carbocycles. The molecule has 0 radical (unpaired) electrons. The molecule has 2 amide bonds. The van der Waals surface area contributed by atoms with Crippen molar-refractivity contribution in [1.82, 2.24) is 9.80 Å². The Morgan fingerprint density at radius 3 is 2.50 bits per heavy atom. The molecule has 1 spiro atoms. The van der Waals surface area contributed by atoms with Crippen molar-refractivity contribution >= 4 is 45.5 Å². The molecule has 7 nitrogen and oxygen atoms in total. The zero-order valence-electron chi connectivity index (χ0n) is 19.5. The second-order valence-electron chi connectivity index (χ2n) is 10.6. The average Bonchev–Trinajstić information content (AvgIpc) is 3.26. The van der Waals surface area contributed by atoms with Crippen LogP contribution in [-0.4, -0.2) is 83.4 Å². The van der Waals surface area contributed by atoms with Gasteiger partial charge in [-0.15, -0.1) is 18.3 Å². The third-order valence-electron chi connectivity index (χ3n) is 6.98. The molecule has 32 heavy (non-hydrogen) atoms. The normalized spacial score (nSPS) is 34.7. The minimum absolute atomic E-state index is 0.0898. The number of carboxylic acid groups (broad SMARTS) is 1. The summed E-state index contributed by atoms with van der Waals surface area (Å²) in [4.78, 5) is 43.5. The van der Waals surface area contributed by atoms with Crippen molar-refractivity contribution in [2.45, 2.75) is 79.9 Å². The average molecular weight is 532 g/mol. The Labute approximate surface area is 203 Å². The van der Waals surface area contributed by atoms with E-state index in [0.717, 1.165) is 0 Å². The summed E-state index contributed by atoms with van der Waals surface area (Å²) in [5, 5.41) is 20.0. The van der Waals surface area contributed by atoms with E-state index < -0.39 is 40.2 Å². The summed E-state index contributed by atoms with van der Waals surface area (Å²) in [6.45, 7) is 13.7. The molecule has 7 atom stereocenters. The van der Waals surface area contributed by atoms with Gasteiger partial charge in [-0.05, 0) is 39.5 Å². The number of hydrogen-bond donors (Lipinski definition) is 2. The van der Waals surface area contributed by atoms with E-state index in [1.807, 2.05) is 34.6 Å². The van der Waals surface area contributed by atoms with Crippen molar-refractivity contribution in [3.05, 3.63) is 12.7 Å². The smallest absolute Gasteiger partial charge is 0.308 e. The molecular weight excluding hydrogens is 496 g/mol. The first-order chi connectivity index (χ1) is 14.8. The number of likely N-dealkylation sites (tertiary alicyclic amines) is 1. The van der Waals surface area contributed by atoms with Gasteiger partial charge in [0.1, 0.15) is 6.04 Å². The van der Waals surface area contributed by atoms with Gasteiger partial charge in [-0.2, -0.15) is 0 Å². The van der Waals surface area contributed by atoms with Crippen LogP contribution in [0.1, 0.15) is 47.5 Å². The van der Waals surface area contributed by atoms with E-state index in [1.165, 1.54) is 11.8 Å². The Hall–Kier alpha value is -1.06. The number of alkyl halides is 1. The highest BCUT2D eigenvalue weighted by molar-refractivity contribution is 9.09. The maximum atomic E-state index is 14.2. The topological polar surface area (TPSA) is 98.2 Å². The molecule has 0 aromatic heterocycles. The van der Waals surface area contributed by atoms with Crippen LogP contribution in [0.4, 0.5) is 0 Å². The molecule has 3 saturated heterocycles. The molecule has 2 N–H and O–H groups in total.